The van der Waals surface area contributed by atoms with Gasteiger partial charge in [-0.15, -0.1) is 0 Å². The Kier molecular flexibility index (Phi) is 2.96. The van der Waals surface area contributed by atoms with Crippen LogP contribution in [0.5, 0.6) is 11.5 Å². The van der Waals surface area contributed by atoms with Crippen molar-refractivity contribution in [3.05, 3.63) is 23.8 Å². The summed E-state index contributed by atoms with van der Waals surface area (Å²) in [6, 6.07) is 4.38. The zero-order valence-corrected chi connectivity index (χ0v) is 8.82. The van der Waals surface area contributed by atoms with Crippen LogP contribution < -0.4 is 4.52 Å². The van der Waals surface area contributed by atoms with E-state index in [9.17, 15) is 14.5 Å². The van der Waals surface area contributed by atoms with Crippen molar-refractivity contribution in [1.29, 1.82) is 0 Å². The van der Waals surface area contributed by atoms with Crippen molar-refractivity contribution in [3.8, 4) is 11.5 Å². The van der Waals surface area contributed by atoms with Gasteiger partial charge in [-0.2, -0.15) is 0 Å². The lowest BCUT2D eigenvalue weighted by molar-refractivity contribution is 0.111. The molecule has 0 aliphatic heterocycles. The molecule has 0 atom stereocenters. The molecule has 0 amide bonds. The molecule has 0 aliphatic rings. The largest absolute Gasteiger partial charge is 0.507 e. The van der Waals surface area contributed by atoms with Gasteiger partial charge in [0.25, 0.3) is 0 Å². The third-order valence-electron chi connectivity index (χ3n) is 1.48. The Morgan fingerprint density at radius 1 is 1.43 bits per heavy atom. The first kappa shape index (κ1) is 10.8. The molecule has 0 bridgehead atoms. The average Bonchev–Trinajstić information content (AvgIpc) is 2.01. The first-order chi connectivity index (χ1) is 6.44. The lowest BCUT2D eigenvalue weighted by Gasteiger charge is -2.12. The van der Waals surface area contributed by atoms with Gasteiger partial charge in [0.2, 0.25) is 7.37 Å². The Bertz CT molecular complexity index is 394. The molecule has 1 rings (SSSR count). The minimum absolute atomic E-state index is 0.0245. The predicted octanol–water partition coefficient (Wildman–Crippen LogP) is 2.12. The third kappa shape index (κ3) is 2.60. The van der Waals surface area contributed by atoms with Gasteiger partial charge in [0.1, 0.15) is 11.5 Å². The number of carbonyl (C=O) groups is 1. The molecular formula is C9H11O4P. The fourth-order valence-electron chi connectivity index (χ4n) is 0.967. The van der Waals surface area contributed by atoms with Crippen molar-refractivity contribution in [3.63, 3.8) is 0 Å². The Morgan fingerprint density at radius 2 is 2.07 bits per heavy atom. The second-order valence-corrected chi connectivity index (χ2v) is 5.84. The quantitative estimate of drug-likeness (QED) is 0.618. The Labute approximate surface area is 82.0 Å². The van der Waals surface area contributed by atoms with Gasteiger partial charge in [-0.05, 0) is 12.1 Å². The highest BCUT2D eigenvalue weighted by molar-refractivity contribution is 7.57. The molecule has 0 unspecified atom stereocenters. The lowest BCUT2D eigenvalue weighted by atomic mass is 10.2. The Hall–Kier alpha value is -1.28. The summed E-state index contributed by atoms with van der Waals surface area (Å²) in [4.78, 5) is 10.6. The van der Waals surface area contributed by atoms with E-state index in [0.717, 1.165) is 0 Å². The van der Waals surface area contributed by atoms with Crippen LogP contribution in [0.4, 0.5) is 0 Å². The van der Waals surface area contributed by atoms with E-state index in [2.05, 4.69) is 0 Å². The monoisotopic (exact) mass is 214 g/mol. The average molecular weight is 214 g/mol. The van der Waals surface area contributed by atoms with Gasteiger partial charge in [-0.1, -0.05) is 6.07 Å². The molecule has 0 aromatic heterocycles. The zero-order valence-electron chi connectivity index (χ0n) is 7.93. The molecule has 0 radical (unpaired) electrons. The molecule has 1 N–H and O–H groups in total. The molecule has 14 heavy (non-hydrogen) atoms. The summed E-state index contributed by atoms with van der Waals surface area (Å²) in [6.07, 6.45) is 0.473. The summed E-state index contributed by atoms with van der Waals surface area (Å²) in [7, 11) is -2.72. The van der Waals surface area contributed by atoms with Crippen LogP contribution in [0.25, 0.3) is 0 Å². The van der Waals surface area contributed by atoms with Gasteiger partial charge in [-0.25, -0.2) is 0 Å². The molecule has 0 aliphatic carbocycles. The maximum absolute atomic E-state index is 11.3. The fraction of sp³-hybridized carbons (Fsp3) is 0.222. The van der Waals surface area contributed by atoms with Gasteiger partial charge < -0.3 is 9.63 Å². The summed E-state index contributed by atoms with van der Waals surface area (Å²) in [6.45, 7) is 2.87. The highest BCUT2D eigenvalue weighted by atomic mass is 31.2. The van der Waals surface area contributed by atoms with Crippen LogP contribution in [0.1, 0.15) is 10.4 Å². The predicted molar refractivity (Wildman–Crippen MR) is 53.6 cm³/mol. The number of carbonyl (C=O) groups excluding carboxylic acids is 1. The van der Waals surface area contributed by atoms with E-state index in [1.165, 1.54) is 31.5 Å². The number of rotatable bonds is 3. The van der Waals surface area contributed by atoms with E-state index in [-0.39, 0.29) is 17.1 Å². The van der Waals surface area contributed by atoms with Crippen molar-refractivity contribution >= 4 is 13.7 Å². The molecule has 1 aromatic carbocycles. The van der Waals surface area contributed by atoms with Crippen molar-refractivity contribution in [2.45, 2.75) is 0 Å². The van der Waals surface area contributed by atoms with E-state index >= 15 is 0 Å². The van der Waals surface area contributed by atoms with Gasteiger partial charge in [0, 0.05) is 13.3 Å². The lowest BCUT2D eigenvalue weighted by Crippen LogP contribution is -1.93. The number of aldehydes is 1. The first-order valence-electron chi connectivity index (χ1n) is 3.96. The van der Waals surface area contributed by atoms with Crippen LogP contribution in [-0.4, -0.2) is 24.7 Å². The summed E-state index contributed by atoms with van der Waals surface area (Å²) in [5.41, 5.74) is 0.0245. The second-order valence-electron chi connectivity index (χ2n) is 3.15. The topological polar surface area (TPSA) is 63.6 Å². The molecule has 0 fully saturated rings. The van der Waals surface area contributed by atoms with Crippen molar-refractivity contribution in [1.82, 2.24) is 0 Å². The van der Waals surface area contributed by atoms with E-state index < -0.39 is 7.37 Å². The minimum atomic E-state index is -2.72. The summed E-state index contributed by atoms with van der Waals surface area (Å²) in [5, 5.41) is 9.29. The first-order valence-corrected chi connectivity index (χ1v) is 6.47. The maximum atomic E-state index is 11.3. The van der Waals surface area contributed by atoms with Gasteiger partial charge >= 0.3 is 0 Å². The number of hydrogen-bond donors (Lipinski definition) is 1. The van der Waals surface area contributed by atoms with Crippen LogP contribution >= 0.6 is 7.37 Å². The highest BCUT2D eigenvalue weighted by Gasteiger charge is 2.14. The fourth-order valence-corrected chi connectivity index (χ4v) is 1.60. The van der Waals surface area contributed by atoms with Crippen LogP contribution in [0.2, 0.25) is 0 Å². The number of hydrogen-bond acceptors (Lipinski definition) is 4. The molecule has 0 spiro atoms. The third-order valence-corrected chi connectivity index (χ3v) is 2.12. The normalized spacial score (nSPS) is 11.0. The molecule has 5 heteroatoms. The smallest absolute Gasteiger partial charge is 0.242 e. The van der Waals surface area contributed by atoms with Crippen molar-refractivity contribution in [2.75, 3.05) is 13.3 Å². The molecule has 4 nitrogen and oxygen atoms in total. The Morgan fingerprint density at radius 3 is 2.57 bits per heavy atom. The van der Waals surface area contributed by atoms with E-state index in [4.69, 9.17) is 4.52 Å². The molecule has 76 valence electrons. The van der Waals surface area contributed by atoms with Gasteiger partial charge in [0.15, 0.2) is 6.29 Å². The van der Waals surface area contributed by atoms with Gasteiger partial charge in [-0.3, -0.25) is 9.36 Å². The second kappa shape index (κ2) is 3.84. The van der Waals surface area contributed by atoms with Crippen molar-refractivity contribution in [2.24, 2.45) is 0 Å². The number of phenolic OH excluding ortho intramolecular Hbond substituents is 1. The SMILES string of the molecule is CP(C)(=O)Oc1cccc(O)c1C=O. The molecule has 0 saturated heterocycles. The van der Waals surface area contributed by atoms with Crippen LogP contribution in [0, 0.1) is 0 Å². The van der Waals surface area contributed by atoms with E-state index in [0.29, 0.717) is 6.29 Å². The van der Waals surface area contributed by atoms with E-state index in [1.807, 2.05) is 0 Å². The maximum Gasteiger partial charge on any atom is 0.242 e. The highest BCUT2D eigenvalue weighted by Crippen LogP contribution is 2.41. The van der Waals surface area contributed by atoms with E-state index in [1.54, 1.807) is 0 Å². The van der Waals surface area contributed by atoms with Crippen LogP contribution in [0.15, 0.2) is 18.2 Å². The zero-order chi connectivity index (χ0) is 10.8. The number of benzene rings is 1. The molecular weight excluding hydrogens is 203 g/mol. The number of aromatic hydroxyl groups is 1. The summed E-state index contributed by atoms with van der Waals surface area (Å²) in [5.74, 6) is -0.0284. The molecule has 1 aromatic rings. The molecule has 0 saturated carbocycles. The van der Waals surface area contributed by atoms with Crippen LogP contribution in [-0.2, 0) is 4.57 Å². The Balaban J connectivity index is 3.15. The number of phenols is 1. The van der Waals surface area contributed by atoms with Gasteiger partial charge in [0.05, 0.1) is 5.56 Å². The minimum Gasteiger partial charge on any atom is -0.507 e. The van der Waals surface area contributed by atoms with Crippen molar-refractivity contribution < 1.29 is 19.0 Å². The summed E-state index contributed by atoms with van der Waals surface area (Å²) >= 11 is 0. The molecule has 0 heterocycles. The van der Waals surface area contributed by atoms with Crippen LogP contribution in [0.3, 0.4) is 0 Å². The standard InChI is InChI=1S/C9H11O4P/c1-14(2,12)13-9-5-3-4-8(11)7(9)6-10/h3-6,11H,1-2H3. The summed E-state index contributed by atoms with van der Waals surface area (Å²) < 4.78 is 16.4.